The molecular formula is C17H28N2. The zero-order valence-electron chi connectivity index (χ0n) is 12.7. The van der Waals surface area contributed by atoms with E-state index in [1.165, 1.54) is 37.8 Å². The Bertz CT molecular complexity index is 394. The molecule has 1 aliphatic rings. The molecule has 1 aromatic carbocycles. The number of hydrogen-bond acceptors (Lipinski definition) is 2. The zero-order valence-corrected chi connectivity index (χ0v) is 12.7. The SMILES string of the molecule is CC1CCCCCN1CC(C)(C)c1ccc(N)cc1. The molecule has 0 aliphatic carbocycles. The fraction of sp³-hybridized carbons (Fsp3) is 0.647. The predicted octanol–water partition coefficient (Wildman–Crippen LogP) is 3.81. The van der Waals surface area contributed by atoms with Crippen molar-refractivity contribution in [3.8, 4) is 0 Å². The van der Waals surface area contributed by atoms with Gasteiger partial charge in [-0.2, -0.15) is 0 Å². The number of anilines is 1. The second-order valence-electron chi connectivity index (χ2n) is 6.67. The van der Waals surface area contributed by atoms with E-state index in [-0.39, 0.29) is 5.41 Å². The van der Waals surface area contributed by atoms with E-state index < -0.39 is 0 Å². The summed E-state index contributed by atoms with van der Waals surface area (Å²) in [4.78, 5) is 2.67. The topological polar surface area (TPSA) is 29.3 Å². The van der Waals surface area contributed by atoms with Crippen molar-refractivity contribution in [1.82, 2.24) is 4.90 Å². The van der Waals surface area contributed by atoms with E-state index in [0.29, 0.717) is 0 Å². The van der Waals surface area contributed by atoms with Crippen LogP contribution in [0.15, 0.2) is 24.3 Å². The van der Waals surface area contributed by atoms with Gasteiger partial charge in [-0.3, -0.25) is 4.90 Å². The summed E-state index contributed by atoms with van der Waals surface area (Å²) in [6.07, 6.45) is 5.48. The molecule has 1 saturated heterocycles. The first-order chi connectivity index (χ1) is 8.99. The lowest BCUT2D eigenvalue weighted by atomic mass is 9.83. The Hall–Kier alpha value is -1.02. The van der Waals surface area contributed by atoms with Gasteiger partial charge < -0.3 is 5.73 Å². The quantitative estimate of drug-likeness (QED) is 0.837. The summed E-state index contributed by atoms with van der Waals surface area (Å²) in [5, 5.41) is 0. The second-order valence-corrected chi connectivity index (χ2v) is 6.67. The fourth-order valence-electron chi connectivity index (χ4n) is 3.10. The number of nitrogens with two attached hydrogens (primary N) is 1. The zero-order chi connectivity index (χ0) is 13.9. The normalized spacial score (nSPS) is 22.2. The summed E-state index contributed by atoms with van der Waals surface area (Å²) in [6, 6.07) is 9.11. The van der Waals surface area contributed by atoms with E-state index in [9.17, 15) is 0 Å². The Morgan fingerprint density at radius 1 is 1.16 bits per heavy atom. The first-order valence-electron chi connectivity index (χ1n) is 7.59. The van der Waals surface area contributed by atoms with Gasteiger partial charge in [0.2, 0.25) is 0 Å². The lowest BCUT2D eigenvalue weighted by Gasteiger charge is -2.36. The van der Waals surface area contributed by atoms with Crippen molar-refractivity contribution >= 4 is 5.69 Å². The smallest absolute Gasteiger partial charge is 0.0314 e. The molecule has 106 valence electrons. The molecule has 19 heavy (non-hydrogen) atoms. The molecule has 2 heteroatoms. The van der Waals surface area contributed by atoms with Crippen molar-refractivity contribution in [2.45, 2.75) is 57.9 Å². The minimum Gasteiger partial charge on any atom is -0.399 e. The van der Waals surface area contributed by atoms with Crippen molar-refractivity contribution in [3.63, 3.8) is 0 Å². The molecule has 0 aromatic heterocycles. The molecule has 2 rings (SSSR count). The molecule has 0 amide bonds. The van der Waals surface area contributed by atoms with Crippen LogP contribution in [0.5, 0.6) is 0 Å². The maximum atomic E-state index is 5.79. The van der Waals surface area contributed by atoms with Crippen LogP contribution in [0.2, 0.25) is 0 Å². The van der Waals surface area contributed by atoms with E-state index in [1.807, 2.05) is 12.1 Å². The maximum absolute atomic E-state index is 5.79. The minimum absolute atomic E-state index is 0.187. The highest BCUT2D eigenvalue weighted by Gasteiger charge is 2.27. The molecule has 0 saturated carbocycles. The van der Waals surface area contributed by atoms with Crippen molar-refractivity contribution in [1.29, 1.82) is 0 Å². The summed E-state index contributed by atoms with van der Waals surface area (Å²) in [5.74, 6) is 0. The Kier molecular flexibility index (Phi) is 4.51. The van der Waals surface area contributed by atoms with Gasteiger partial charge >= 0.3 is 0 Å². The average molecular weight is 260 g/mol. The fourth-order valence-corrected chi connectivity index (χ4v) is 3.10. The molecule has 0 bridgehead atoms. The van der Waals surface area contributed by atoms with Crippen molar-refractivity contribution in [2.75, 3.05) is 18.8 Å². The van der Waals surface area contributed by atoms with Gasteiger partial charge in [-0.1, -0.05) is 38.8 Å². The summed E-state index contributed by atoms with van der Waals surface area (Å²) < 4.78 is 0. The first-order valence-corrected chi connectivity index (χ1v) is 7.59. The van der Waals surface area contributed by atoms with Crippen molar-refractivity contribution in [2.24, 2.45) is 0 Å². The van der Waals surface area contributed by atoms with E-state index in [2.05, 4.69) is 37.8 Å². The highest BCUT2D eigenvalue weighted by Crippen LogP contribution is 2.28. The molecule has 2 N–H and O–H groups in total. The average Bonchev–Trinajstić information content (AvgIpc) is 2.55. The monoisotopic (exact) mass is 260 g/mol. The van der Waals surface area contributed by atoms with Crippen molar-refractivity contribution < 1.29 is 0 Å². The lowest BCUT2D eigenvalue weighted by molar-refractivity contribution is 0.175. The molecule has 2 nitrogen and oxygen atoms in total. The lowest BCUT2D eigenvalue weighted by Crippen LogP contribution is -2.41. The van der Waals surface area contributed by atoms with Gasteiger partial charge in [-0.25, -0.2) is 0 Å². The van der Waals surface area contributed by atoms with Crippen LogP contribution >= 0.6 is 0 Å². The van der Waals surface area contributed by atoms with Gasteiger partial charge in [0.15, 0.2) is 0 Å². The Balaban J connectivity index is 2.08. The standard InChI is InChI=1S/C17H28N2/c1-14-7-5-4-6-12-19(14)13-17(2,3)15-8-10-16(18)11-9-15/h8-11,14H,4-7,12-13,18H2,1-3H3. The van der Waals surface area contributed by atoms with Crippen molar-refractivity contribution in [3.05, 3.63) is 29.8 Å². The number of nitrogen functional groups attached to an aromatic ring is 1. The summed E-state index contributed by atoms with van der Waals surface area (Å²) in [5.41, 5.74) is 8.21. The van der Waals surface area contributed by atoms with E-state index in [0.717, 1.165) is 18.3 Å². The third kappa shape index (κ3) is 3.73. The summed E-state index contributed by atoms with van der Waals surface area (Å²) in [6.45, 7) is 9.45. The van der Waals surface area contributed by atoms with E-state index >= 15 is 0 Å². The van der Waals surface area contributed by atoms with Crippen LogP contribution in [0.4, 0.5) is 5.69 Å². The Labute approximate surface area is 118 Å². The Morgan fingerprint density at radius 2 is 1.84 bits per heavy atom. The van der Waals surface area contributed by atoms with Gasteiger partial charge in [0.1, 0.15) is 0 Å². The van der Waals surface area contributed by atoms with Crippen LogP contribution in [0, 0.1) is 0 Å². The van der Waals surface area contributed by atoms with Gasteiger partial charge in [0, 0.05) is 23.7 Å². The molecule has 1 fully saturated rings. The summed E-state index contributed by atoms with van der Waals surface area (Å²) >= 11 is 0. The first kappa shape index (κ1) is 14.4. The van der Waals surface area contributed by atoms with Gasteiger partial charge in [-0.15, -0.1) is 0 Å². The summed E-state index contributed by atoms with van der Waals surface area (Å²) in [7, 11) is 0. The molecule has 1 aliphatic heterocycles. The van der Waals surface area contributed by atoms with Crippen LogP contribution in [0.25, 0.3) is 0 Å². The molecule has 0 radical (unpaired) electrons. The highest BCUT2D eigenvalue weighted by molar-refractivity contribution is 5.41. The van der Waals surface area contributed by atoms with Crippen LogP contribution < -0.4 is 5.73 Å². The second kappa shape index (κ2) is 5.96. The highest BCUT2D eigenvalue weighted by atomic mass is 15.2. The van der Waals surface area contributed by atoms with Crippen LogP contribution in [0.3, 0.4) is 0 Å². The third-order valence-corrected chi connectivity index (χ3v) is 4.48. The van der Waals surface area contributed by atoms with E-state index in [1.54, 1.807) is 0 Å². The van der Waals surface area contributed by atoms with Crippen LogP contribution in [-0.4, -0.2) is 24.0 Å². The van der Waals surface area contributed by atoms with E-state index in [4.69, 9.17) is 5.73 Å². The van der Waals surface area contributed by atoms with Crippen LogP contribution in [0.1, 0.15) is 52.0 Å². The number of rotatable bonds is 3. The van der Waals surface area contributed by atoms with Gasteiger partial charge in [0.05, 0.1) is 0 Å². The van der Waals surface area contributed by atoms with Gasteiger partial charge in [-0.05, 0) is 44.0 Å². The molecule has 1 aromatic rings. The maximum Gasteiger partial charge on any atom is 0.0314 e. The largest absolute Gasteiger partial charge is 0.399 e. The number of hydrogen-bond donors (Lipinski definition) is 1. The van der Waals surface area contributed by atoms with Crippen LogP contribution in [-0.2, 0) is 5.41 Å². The van der Waals surface area contributed by atoms with Gasteiger partial charge in [0.25, 0.3) is 0 Å². The minimum atomic E-state index is 0.187. The molecule has 1 heterocycles. The molecule has 0 spiro atoms. The third-order valence-electron chi connectivity index (χ3n) is 4.48. The number of nitrogens with zero attached hydrogens (tertiary/aromatic N) is 1. The number of benzene rings is 1. The Morgan fingerprint density at radius 3 is 2.53 bits per heavy atom. The molecule has 1 unspecified atom stereocenters. The molecule has 1 atom stereocenters. The number of likely N-dealkylation sites (tertiary alicyclic amines) is 1. The predicted molar refractivity (Wildman–Crippen MR) is 83.4 cm³/mol. The molecular weight excluding hydrogens is 232 g/mol.